The molecule has 0 bridgehead atoms. The van der Waals surface area contributed by atoms with E-state index in [9.17, 15) is 14.0 Å². The van der Waals surface area contributed by atoms with E-state index in [0.717, 1.165) is 5.56 Å². The average molecular weight is 298 g/mol. The summed E-state index contributed by atoms with van der Waals surface area (Å²) in [6, 6.07) is 13.0. The summed E-state index contributed by atoms with van der Waals surface area (Å²) >= 11 is 0. The minimum absolute atomic E-state index is 0.137. The van der Waals surface area contributed by atoms with Crippen LogP contribution in [0.3, 0.4) is 0 Å². The minimum atomic E-state index is -0.482. The number of nitrogens with one attached hydrogen (secondary N) is 2. The Bertz CT molecular complexity index is 709. The van der Waals surface area contributed by atoms with Crippen LogP contribution < -0.4 is 10.6 Å². The standard InChI is InChI=1S/C17H15FN2O2/c1-12(21)19-14-9-6-13(7-10-14)8-11-17(22)20-16-5-3-2-4-15(16)18/h2-11H,1H3,(H,19,21)(H,20,22)/b11-8+. The van der Waals surface area contributed by atoms with Crippen molar-refractivity contribution in [3.05, 3.63) is 66.0 Å². The molecule has 22 heavy (non-hydrogen) atoms. The smallest absolute Gasteiger partial charge is 0.248 e. The van der Waals surface area contributed by atoms with E-state index in [4.69, 9.17) is 0 Å². The van der Waals surface area contributed by atoms with Gasteiger partial charge in [-0.05, 0) is 35.9 Å². The van der Waals surface area contributed by atoms with E-state index in [0.29, 0.717) is 5.69 Å². The molecule has 2 N–H and O–H groups in total. The fourth-order valence-electron chi connectivity index (χ4n) is 1.79. The SMILES string of the molecule is CC(=O)Nc1ccc(/C=C/C(=O)Nc2ccccc2F)cc1. The lowest BCUT2D eigenvalue weighted by molar-refractivity contribution is -0.114. The molecule has 0 saturated carbocycles. The zero-order chi connectivity index (χ0) is 15.9. The number of benzene rings is 2. The molecule has 5 heteroatoms. The Balaban J connectivity index is 1.98. The third-order valence-corrected chi connectivity index (χ3v) is 2.79. The second kappa shape index (κ2) is 7.17. The molecule has 2 aromatic rings. The Kier molecular flexibility index (Phi) is 5.03. The molecular weight excluding hydrogens is 283 g/mol. The predicted octanol–water partition coefficient (Wildman–Crippen LogP) is 3.44. The summed E-state index contributed by atoms with van der Waals surface area (Å²) < 4.78 is 13.4. The molecule has 0 aliphatic carbocycles. The second-order valence-corrected chi connectivity index (χ2v) is 4.61. The highest BCUT2D eigenvalue weighted by molar-refractivity contribution is 6.02. The number of carbonyl (C=O) groups is 2. The van der Waals surface area contributed by atoms with Gasteiger partial charge in [-0.15, -0.1) is 0 Å². The van der Waals surface area contributed by atoms with Gasteiger partial charge in [0.25, 0.3) is 0 Å². The fourth-order valence-corrected chi connectivity index (χ4v) is 1.79. The number of para-hydroxylation sites is 1. The number of amides is 2. The number of hydrogen-bond acceptors (Lipinski definition) is 2. The number of rotatable bonds is 4. The molecule has 0 unspecified atom stereocenters. The quantitative estimate of drug-likeness (QED) is 0.850. The number of carbonyl (C=O) groups excluding carboxylic acids is 2. The van der Waals surface area contributed by atoms with Crippen LogP contribution in [0.4, 0.5) is 15.8 Å². The zero-order valence-electron chi connectivity index (χ0n) is 12.0. The summed E-state index contributed by atoms with van der Waals surface area (Å²) in [5, 5.41) is 5.11. The third kappa shape index (κ3) is 4.56. The third-order valence-electron chi connectivity index (χ3n) is 2.79. The highest BCUT2D eigenvalue weighted by Gasteiger charge is 2.02. The predicted molar refractivity (Wildman–Crippen MR) is 84.8 cm³/mol. The summed E-state index contributed by atoms with van der Waals surface area (Å²) in [7, 11) is 0. The van der Waals surface area contributed by atoms with Crippen molar-refractivity contribution in [2.45, 2.75) is 6.92 Å². The first kappa shape index (κ1) is 15.4. The molecule has 0 radical (unpaired) electrons. The molecule has 2 aromatic carbocycles. The molecule has 0 fully saturated rings. The van der Waals surface area contributed by atoms with Crippen LogP contribution in [-0.2, 0) is 9.59 Å². The van der Waals surface area contributed by atoms with Gasteiger partial charge < -0.3 is 10.6 Å². The van der Waals surface area contributed by atoms with Gasteiger partial charge in [0, 0.05) is 18.7 Å². The van der Waals surface area contributed by atoms with Crippen LogP contribution >= 0.6 is 0 Å². The maximum atomic E-state index is 13.4. The van der Waals surface area contributed by atoms with Gasteiger partial charge in [-0.2, -0.15) is 0 Å². The highest BCUT2D eigenvalue weighted by atomic mass is 19.1. The molecule has 4 nitrogen and oxygen atoms in total. The second-order valence-electron chi connectivity index (χ2n) is 4.61. The van der Waals surface area contributed by atoms with E-state index in [1.807, 2.05) is 0 Å². The van der Waals surface area contributed by atoms with Crippen molar-refractivity contribution in [3.8, 4) is 0 Å². The average Bonchev–Trinajstić information content (AvgIpc) is 2.48. The van der Waals surface area contributed by atoms with Crippen LogP contribution in [0, 0.1) is 5.82 Å². The number of hydrogen-bond donors (Lipinski definition) is 2. The summed E-state index contributed by atoms with van der Waals surface area (Å²) in [5.41, 5.74) is 1.61. The van der Waals surface area contributed by atoms with Crippen LogP contribution in [0.25, 0.3) is 6.08 Å². The van der Waals surface area contributed by atoms with Crippen molar-refractivity contribution < 1.29 is 14.0 Å². The summed E-state index contributed by atoms with van der Waals surface area (Å²) in [6.45, 7) is 1.43. The molecule has 0 heterocycles. The van der Waals surface area contributed by atoms with Crippen LogP contribution in [0.2, 0.25) is 0 Å². The van der Waals surface area contributed by atoms with E-state index in [-0.39, 0.29) is 11.6 Å². The van der Waals surface area contributed by atoms with Crippen molar-refractivity contribution in [1.29, 1.82) is 0 Å². The van der Waals surface area contributed by atoms with E-state index < -0.39 is 11.7 Å². The van der Waals surface area contributed by atoms with E-state index >= 15 is 0 Å². The Morgan fingerprint density at radius 3 is 2.32 bits per heavy atom. The van der Waals surface area contributed by atoms with Crippen molar-refractivity contribution in [3.63, 3.8) is 0 Å². The van der Waals surface area contributed by atoms with E-state index in [2.05, 4.69) is 10.6 Å². The van der Waals surface area contributed by atoms with Gasteiger partial charge in [0.05, 0.1) is 5.69 Å². The van der Waals surface area contributed by atoms with Crippen LogP contribution in [0.5, 0.6) is 0 Å². The largest absolute Gasteiger partial charge is 0.326 e. The zero-order valence-corrected chi connectivity index (χ0v) is 12.0. The van der Waals surface area contributed by atoms with Gasteiger partial charge in [-0.3, -0.25) is 9.59 Å². The van der Waals surface area contributed by atoms with Gasteiger partial charge in [0.15, 0.2) is 0 Å². The maximum Gasteiger partial charge on any atom is 0.248 e. The minimum Gasteiger partial charge on any atom is -0.326 e. The summed E-state index contributed by atoms with van der Waals surface area (Å²) in [5.74, 6) is -1.05. The Hall–Kier alpha value is -2.95. The lowest BCUT2D eigenvalue weighted by Gasteiger charge is -2.03. The summed E-state index contributed by atoms with van der Waals surface area (Å²) in [4.78, 5) is 22.6. The van der Waals surface area contributed by atoms with Crippen molar-refractivity contribution in [2.24, 2.45) is 0 Å². The molecule has 0 atom stereocenters. The Labute approximate surface area is 127 Å². The first-order chi connectivity index (χ1) is 10.5. The molecule has 0 spiro atoms. The van der Waals surface area contributed by atoms with Crippen molar-refractivity contribution in [2.75, 3.05) is 10.6 Å². The first-order valence-electron chi connectivity index (χ1n) is 6.66. The van der Waals surface area contributed by atoms with Crippen LogP contribution in [-0.4, -0.2) is 11.8 Å². The lowest BCUT2D eigenvalue weighted by atomic mass is 10.2. The lowest BCUT2D eigenvalue weighted by Crippen LogP contribution is -2.09. The molecule has 2 amide bonds. The molecule has 2 rings (SSSR count). The van der Waals surface area contributed by atoms with Gasteiger partial charge >= 0.3 is 0 Å². The Morgan fingerprint density at radius 1 is 1.00 bits per heavy atom. The van der Waals surface area contributed by atoms with Crippen molar-refractivity contribution in [1.82, 2.24) is 0 Å². The molecule has 0 aromatic heterocycles. The van der Waals surface area contributed by atoms with E-state index in [1.54, 1.807) is 42.5 Å². The number of halogens is 1. The first-order valence-corrected chi connectivity index (χ1v) is 6.66. The van der Waals surface area contributed by atoms with Crippen LogP contribution in [0.1, 0.15) is 12.5 Å². The molecule has 0 aliphatic heterocycles. The normalized spacial score (nSPS) is 10.5. The number of anilines is 2. The maximum absolute atomic E-state index is 13.4. The fraction of sp³-hybridized carbons (Fsp3) is 0.0588. The van der Waals surface area contributed by atoms with E-state index in [1.165, 1.54) is 25.1 Å². The van der Waals surface area contributed by atoms with Gasteiger partial charge in [-0.1, -0.05) is 24.3 Å². The van der Waals surface area contributed by atoms with Gasteiger partial charge in [0.1, 0.15) is 5.82 Å². The molecule has 112 valence electrons. The molecule has 0 aliphatic rings. The topological polar surface area (TPSA) is 58.2 Å². The molecular formula is C17H15FN2O2. The van der Waals surface area contributed by atoms with Crippen LogP contribution in [0.15, 0.2) is 54.6 Å². The Morgan fingerprint density at radius 2 is 1.68 bits per heavy atom. The molecule has 0 saturated heterocycles. The monoisotopic (exact) mass is 298 g/mol. The summed E-state index contributed by atoms with van der Waals surface area (Å²) in [6.07, 6.45) is 2.92. The van der Waals surface area contributed by atoms with Crippen molar-refractivity contribution >= 4 is 29.3 Å². The van der Waals surface area contributed by atoms with Gasteiger partial charge in [0.2, 0.25) is 11.8 Å². The highest BCUT2D eigenvalue weighted by Crippen LogP contribution is 2.13. The van der Waals surface area contributed by atoms with Gasteiger partial charge in [-0.25, -0.2) is 4.39 Å².